The van der Waals surface area contributed by atoms with Crippen LogP contribution in [0.4, 0.5) is 0 Å². The summed E-state index contributed by atoms with van der Waals surface area (Å²) in [6.45, 7) is 4.45. The maximum absolute atomic E-state index is 12.5. The van der Waals surface area contributed by atoms with Gasteiger partial charge in [0.15, 0.2) is 11.5 Å². The van der Waals surface area contributed by atoms with E-state index in [2.05, 4.69) is 5.32 Å². The minimum Gasteiger partial charge on any atom is -0.486 e. The van der Waals surface area contributed by atoms with Crippen molar-refractivity contribution in [3.63, 3.8) is 0 Å². The molecule has 0 spiro atoms. The van der Waals surface area contributed by atoms with E-state index < -0.39 is 0 Å². The predicted molar refractivity (Wildman–Crippen MR) is 90.6 cm³/mol. The third-order valence-corrected chi connectivity index (χ3v) is 4.58. The Morgan fingerprint density at radius 3 is 2.88 bits per heavy atom. The third kappa shape index (κ3) is 4.04. The number of nitrogens with zero attached hydrogens (tertiary/aromatic N) is 1. The molecule has 0 aromatic heterocycles. The fraction of sp³-hybridized carbons (Fsp3) is 0.556. The van der Waals surface area contributed by atoms with Gasteiger partial charge in [-0.05, 0) is 24.6 Å². The van der Waals surface area contributed by atoms with E-state index in [1.54, 1.807) is 12.0 Å². The van der Waals surface area contributed by atoms with E-state index in [9.17, 15) is 9.59 Å². The van der Waals surface area contributed by atoms with Crippen molar-refractivity contribution in [3.8, 4) is 11.5 Å². The molecule has 1 saturated heterocycles. The van der Waals surface area contributed by atoms with Gasteiger partial charge in [0.2, 0.25) is 11.8 Å². The number of rotatable bonds is 6. The SMILES string of the molecule is COCCN1C[C@H](C(=O)N[C@@H](C)c2ccc3c(c2)OCCO3)CC1=O. The van der Waals surface area contributed by atoms with Crippen LogP contribution in [0.5, 0.6) is 11.5 Å². The van der Waals surface area contributed by atoms with E-state index in [0.29, 0.717) is 38.7 Å². The molecule has 2 aliphatic heterocycles. The number of nitrogens with one attached hydrogen (secondary N) is 1. The molecular formula is C18H24N2O5. The highest BCUT2D eigenvalue weighted by Gasteiger charge is 2.34. The van der Waals surface area contributed by atoms with Gasteiger partial charge in [-0.1, -0.05) is 6.07 Å². The van der Waals surface area contributed by atoms with Crippen LogP contribution >= 0.6 is 0 Å². The van der Waals surface area contributed by atoms with Gasteiger partial charge >= 0.3 is 0 Å². The summed E-state index contributed by atoms with van der Waals surface area (Å²) in [6.07, 6.45) is 0.253. The zero-order chi connectivity index (χ0) is 17.8. The summed E-state index contributed by atoms with van der Waals surface area (Å²) in [7, 11) is 1.60. The van der Waals surface area contributed by atoms with E-state index in [-0.39, 0.29) is 30.2 Å². The zero-order valence-corrected chi connectivity index (χ0v) is 14.6. The lowest BCUT2D eigenvalue weighted by atomic mass is 10.0. The van der Waals surface area contributed by atoms with Gasteiger partial charge in [0, 0.05) is 26.6 Å². The third-order valence-electron chi connectivity index (χ3n) is 4.58. The molecule has 2 heterocycles. The molecule has 136 valence electrons. The second-order valence-electron chi connectivity index (χ2n) is 6.37. The molecule has 7 nitrogen and oxygen atoms in total. The number of fused-ring (bicyclic) bond motifs is 1. The maximum atomic E-state index is 12.5. The second-order valence-corrected chi connectivity index (χ2v) is 6.37. The summed E-state index contributed by atoms with van der Waals surface area (Å²) in [5.41, 5.74) is 0.943. The summed E-state index contributed by atoms with van der Waals surface area (Å²) in [4.78, 5) is 26.2. The van der Waals surface area contributed by atoms with Crippen LogP contribution in [0.1, 0.15) is 24.9 Å². The second kappa shape index (κ2) is 7.74. The molecule has 2 amide bonds. The number of hydrogen-bond acceptors (Lipinski definition) is 5. The van der Waals surface area contributed by atoms with Crippen LogP contribution in [0.2, 0.25) is 0 Å². The first kappa shape index (κ1) is 17.5. The molecule has 1 aromatic carbocycles. The number of amides is 2. The minimum absolute atomic E-state index is 0.00387. The summed E-state index contributed by atoms with van der Waals surface area (Å²) in [5.74, 6) is 1.01. The topological polar surface area (TPSA) is 77.1 Å². The van der Waals surface area contributed by atoms with Gasteiger partial charge in [-0.15, -0.1) is 0 Å². The summed E-state index contributed by atoms with van der Waals surface area (Å²) < 4.78 is 16.1. The number of benzene rings is 1. The van der Waals surface area contributed by atoms with Gasteiger partial charge in [-0.3, -0.25) is 9.59 Å². The van der Waals surface area contributed by atoms with E-state index in [4.69, 9.17) is 14.2 Å². The average Bonchev–Trinajstić information content (AvgIpc) is 3.00. The average molecular weight is 348 g/mol. The highest BCUT2D eigenvalue weighted by Crippen LogP contribution is 2.32. The number of hydrogen-bond donors (Lipinski definition) is 1. The number of likely N-dealkylation sites (tertiary alicyclic amines) is 1. The Bertz CT molecular complexity index is 648. The zero-order valence-electron chi connectivity index (χ0n) is 14.6. The molecule has 2 atom stereocenters. The molecule has 2 aliphatic rings. The van der Waals surface area contributed by atoms with Crippen LogP contribution in [0.3, 0.4) is 0 Å². The highest BCUT2D eigenvalue weighted by molar-refractivity contribution is 5.89. The van der Waals surface area contributed by atoms with Crippen LogP contribution in [-0.2, 0) is 14.3 Å². The van der Waals surface area contributed by atoms with Crippen LogP contribution in [0.25, 0.3) is 0 Å². The molecule has 1 fully saturated rings. The molecule has 0 bridgehead atoms. The minimum atomic E-state index is -0.316. The van der Waals surface area contributed by atoms with Gasteiger partial charge in [0.1, 0.15) is 13.2 Å². The number of ether oxygens (including phenoxy) is 3. The Hall–Kier alpha value is -2.28. The fourth-order valence-electron chi connectivity index (χ4n) is 3.11. The van der Waals surface area contributed by atoms with Gasteiger partial charge in [0.05, 0.1) is 18.6 Å². The van der Waals surface area contributed by atoms with Crippen molar-refractivity contribution in [2.24, 2.45) is 5.92 Å². The monoisotopic (exact) mass is 348 g/mol. The van der Waals surface area contributed by atoms with Crippen LogP contribution < -0.4 is 14.8 Å². The first-order valence-electron chi connectivity index (χ1n) is 8.55. The first-order chi connectivity index (χ1) is 12.1. The molecule has 3 rings (SSSR count). The molecule has 0 radical (unpaired) electrons. The van der Waals surface area contributed by atoms with Crippen molar-refractivity contribution in [2.75, 3.05) is 40.0 Å². The summed E-state index contributed by atoms with van der Waals surface area (Å²) in [5, 5.41) is 3.00. The molecule has 25 heavy (non-hydrogen) atoms. The summed E-state index contributed by atoms with van der Waals surface area (Å²) >= 11 is 0. The predicted octanol–water partition coefficient (Wildman–Crippen LogP) is 1.13. The molecule has 7 heteroatoms. The first-order valence-corrected chi connectivity index (χ1v) is 8.55. The maximum Gasteiger partial charge on any atom is 0.225 e. The van der Waals surface area contributed by atoms with Crippen LogP contribution in [0, 0.1) is 5.92 Å². The van der Waals surface area contributed by atoms with Crippen molar-refractivity contribution in [3.05, 3.63) is 23.8 Å². The lowest BCUT2D eigenvalue weighted by molar-refractivity contribution is -0.129. The summed E-state index contributed by atoms with van der Waals surface area (Å²) in [6, 6.07) is 5.50. The van der Waals surface area contributed by atoms with Crippen LogP contribution in [0.15, 0.2) is 18.2 Å². The Kier molecular flexibility index (Phi) is 5.43. The van der Waals surface area contributed by atoms with Crippen molar-refractivity contribution < 1.29 is 23.8 Å². The highest BCUT2D eigenvalue weighted by atomic mass is 16.6. The van der Waals surface area contributed by atoms with E-state index >= 15 is 0 Å². The molecule has 1 N–H and O–H groups in total. The lowest BCUT2D eigenvalue weighted by Gasteiger charge is -2.22. The van der Waals surface area contributed by atoms with Crippen molar-refractivity contribution in [1.29, 1.82) is 0 Å². The van der Waals surface area contributed by atoms with E-state index in [1.165, 1.54) is 0 Å². The Balaban J connectivity index is 1.58. The normalized spacial score (nSPS) is 20.5. The quantitative estimate of drug-likeness (QED) is 0.834. The smallest absolute Gasteiger partial charge is 0.225 e. The number of methoxy groups -OCH3 is 1. The Labute approximate surface area is 147 Å². The van der Waals surface area contributed by atoms with Crippen molar-refractivity contribution >= 4 is 11.8 Å². The Morgan fingerprint density at radius 2 is 2.12 bits per heavy atom. The molecular weight excluding hydrogens is 324 g/mol. The Morgan fingerprint density at radius 1 is 1.36 bits per heavy atom. The molecule has 0 unspecified atom stereocenters. The van der Waals surface area contributed by atoms with E-state index in [1.807, 2.05) is 25.1 Å². The number of carbonyl (C=O) groups excluding carboxylic acids is 2. The largest absolute Gasteiger partial charge is 0.486 e. The van der Waals surface area contributed by atoms with Crippen molar-refractivity contribution in [2.45, 2.75) is 19.4 Å². The van der Waals surface area contributed by atoms with Gasteiger partial charge < -0.3 is 24.4 Å². The molecule has 1 aromatic rings. The standard InChI is InChI=1S/C18H24N2O5/c1-12(13-3-4-15-16(9-13)25-8-7-24-15)19-18(22)14-10-17(21)20(11-14)5-6-23-2/h3-4,9,12,14H,5-8,10-11H2,1-2H3,(H,19,22)/t12-,14+/m0/s1. The van der Waals surface area contributed by atoms with Gasteiger partial charge in [-0.2, -0.15) is 0 Å². The van der Waals surface area contributed by atoms with Crippen molar-refractivity contribution in [1.82, 2.24) is 10.2 Å². The van der Waals surface area contributed by atoms with Crippen LogP contribution in [-0.4, -0.2) is 56.7 Å². The molecule has 0 aliphatic carbocycles. The van der Waals surface area contributed by atoms with E-state index in [0.717, 1.165) is 11.3 Å². The lowest BCUT2D eigenvalue weighted by Crippen LogP contribution is -2.35. The number of carbonyl (C=O) groups is 2. The molecule has 0 saturated carbocycles. The van der Waals surface area contributed by atoms with Gasteiger partial charge in [0.25, 0.3) is 0 Å². The fourth-order valence-corrected chi connectivity index (χ4v) is 3.11. The van der Waals surface area contributed by atoms with Gasteiger partial charge in [-0.25, -0.2) is 0 Å².